The second-order valence-corrected chi connectivity index (χ2v) is 7.33. The lowest BCUT2D eigenvalue weighted by Gasteiger charge is -2.15. The van der Waals surface area contributed by atoms with E-state index in [0.29, 0.717) is 12.1 Å². The molecule has 4 heteroatoms. The molecule has 29 heavy (non-hydrogen) atoms. The quantitative estimate of drug-likeness (QED) is 0.715. The molecule has 1 aliphatic rings. The van der Waals surface area contributed by atoms with Crippen molar-refractivity contribution in [1.82, 2.24) is 5.32 Å². The Morgan fingerprint density at radius 1 is 0.931 bits per heavy atom. The summed E-state index contributed by atoms with van der Waals surface area (Å²) in [6.07, 6.45) is 1.70. The molecule has 0 radical (unpaired) electrons. The first kappa shape index (κ1) is 18.9. The Hall–Kier alpha value is -3.40. The average molecular weight is 384 g/mol. The monoisotopic (exact) mass is 384 g/mol. The lowest BCUT2D eigenvalue weighted by Crippen LogP contribution is -2.25. The van der Waals surface area contributed by atoms with Crippen LogP contribution in [0.5, 0.6) is 0 Å². The molecule has 0 aromatic heterocycles. The van der Waals surface area contributed by atoms with Gasteiger partial charge < -0.3 is 10.2 Å². The number of hydrogen-bond acceptors (Lipinski definition) is 2. The third-order valence-corrected chi connectivity index (χ3v) is 5.38. The molecule has 146 valence electrons. The average Bonchev–Trinajstić information content (AvgIpc) is 3.18. The number of anilines is 1. The molecule has 1 aliphatic heterocycles. The first-order chi connectivity index (χ1) is 14.1. The molecule has 3 aromatic rings. The summed E-state index contributed by atoms with van der Waals surface area (Å²) >= 11 is 0. The molecule has 0 unspecified atom stereocenters. The highest BCUT2D eigenvalue weighted by Crippen LogP contribution is 2.32. The maximum Gasteiger partial charge on any atom is 0.251 e. The number of carbonyl (C=O) groups excluding carboxylic acids is 2. The minimum atomic E-state index is -0.0569. The number of fused-ring (bicyclic) bond motifs is 1. The van der Waals surface area contributed by atoms with E-state index in [9.17, 15) is 9.59 Å². The van der Waals surface area contributed by atoms with Crippen LogP contribution in [0.25, 0.3) is 11.1 Å². The molecule has 1 N–H and O–H groups in total. The van der Waals surface area contributed by atoms with Gasteiger partial charge in [0.25, 0.3) is 5.91 Å². The molecule has 0 spiro atoms. The van der Waals surface area contributed by atoms with E-state index in [1.165, 1.54) is 11.1 Å². The topological polar surface area (TPSA) is 49.4 Å². The molecular formula is C25H24N2O2. The van der Waals surface area contributed by atoms with Gasteiger partial charge in [-0.05, 0) is 59.4 Å². The third-order valence-electron chi connectivity index (χ3n) is 5.38. The largest absolute Gasteiger partial charge is 0.352 e. The van der Waals surface area contributed by atoms with Crippen molar-refractivity contribution in [2.24, 2.45) is 0 Å². The van der Waals surface area contributed by atoms with Crippen LogP contribution in [0.3, 0.4) is 0 Å². The molecule has 0 saturated heterocycles. The summed E-state index contributed by atoms with van der Waals surface area (Å²) in [5.74, 6) is 0.0256. The van der Waals surface area contributed by atoms with E-state index in [1.54, 1.807) is 6.92 Å². The van der Waals surface area contributed by atoms with Crippen molar-refractivity contribution < 1.29 is 9.59 Å². The van der Waals surface area contributed by atoms with Crippen LogP contribution in [-0.2, 0) is 17.6 Å². The molecule has 3 aromatic carbocycles. The number of carbonyl (C=O) groups is 2. The third kappa shape index (κ3) is 4.21. The molecule has 2 amide bonds. The minimum absolute atomic E-state index is 0.0569. The van der Waals surface area contributed by atoms with Crippen molar-refractivity contribution in [3.05, 3.63) is 89.5 Å². The molecule has 0 aliphatic carbocycles. The van der Waals surface area contributed by atoms with E-state index in [1.807, 2.05) is 59.5 Å². The summed E-state index contributed by atoms with van der Waals surface area (Å²) in [6, 6.07) is 24.0. The first-order valence-corrected chi connectivity index (χ1v) is 9.95. The van der Waals surface area contributed by atoms with E-state index in [4.69, 9.17) is 0 Å². The Labute approximate surface area is 171 Å². The van der Waals surface area contributed by atoms with E-state index in [0.717, 1.165) is 36.2 Å². The molecule has 0 atom stereocenters. The Morgan fingerprint density at radius 3 is 2.38 bits per heavy atom. The van der Waals surface area contributed by atoms with Crippen LogP contribution in [0.1, 0.15) is 28.4 Å². The highest BCUT2D eigenvalue weighted by atomic mass is 16.2. The number of nitrogens with zero attached hydrogens (tertiary/aromatic N) is 1. The minimum Gasteiger partial charge on any atom is -0.352 e. The van der Waals surface area contributed by atoms with Gasteiger partial charge in [0.1, 0.15) is 0 Å². The second kappa shape index (κ2) is 8.31. The van der Waals surface area contributed by atoms with E-state index in [2.05, 4.69) is 23.5 Å². The number of nitrogens with one attached hydrogen (secondary N) is 1. The summed E-state index contributed by atoms with van der Waals surface area (Å²) in [7, 11) is 0. The van der Waals surface area contributed by atoms with Gasteiger partial charge in [0.15, 0.2) is 0 Å². The molecule has 0 bridgehead atoms. The fourth-order valence-corrected chi connectivity index (χ4v) is 3.79. The van der Waals surface area contributed by atoms with Crippen molar-refractivity contribution in [3.8, 4) is 11.1 Å². The van der Waals surface area contributed by atoms with Gasteiger partial charge >= 0.3 is 0 Å². The van der Waals surface area contributed by atoms with Crippen LogP contribution in [0, 0.1) is 0 Å². The molecule has 4 rings (SSSR count). The predicted octanol–water partition coefficient (Wildman–Crippen LogP) is 4.24. The summed E-state index contributed by atoms with van der Waals surface area (Å²) in [5.41, 5.74) is 6.24. The maximum absolute atomic E-state index is 12.4. The fourth-order valence-electron chi connectivity index (χ4n) is 3.79. The highest BCUT2D eigenvalue weighted by Gasteiger charge is 2.22. The Morgan fingerprint density at radius 2 is 1.66 bits per heavy atom. The molecule has 1 heterocycles. The number of hydrogen-bond donors (Lipinski definition) is 1. The Balaban J connectivity index is 1.40. The molecular weight excluding hydrogens is 360 g/mol. The smallest absolute Gasteiger partial charge is 0.251 e. The lowest BCUT2D eigenvalue weighted by molar-refractivity contribution is -0.116. The number of rotatable bonds is 5. The van der Waals surface area contributed by atoms with Gasteiger partial charge in [0.05, 0.1) is 0 Å². The zero-order valence-electron chi connectivity index (χ0n) is 16.5. The van der Waals surface area contributed by atoms with Gasteiger partial charge in [0.2, 0.25) is 5.91 Å². The van der Waals surface area contributed by atoms with E-state index < -0.39 is 0 Å². The van der Waals surface area contributed by atoms with Crippen molar-refractivity contribution in [3.63, 3.8) is 0 Å². The lowest BCUT2D eigenvalue weighted by atomic mass is 10.0. The summed E-state index contributed by atoms with van der Waals surface area (Å²) in [5, 5.41) is 2.98. The van der Waals surface area contributed by atoms with Crippen molar-refractivity contribution >= 4 is 17.5 Å². The van der Waals surface area contributed by atoms with Gasteiger partial charge in [-0.3, -0.25) is 9.59 Å². The standard InChI is InChI=1S/C25H24N2O2/c1-18(28)27-16-14-23-17-22(11-12-24(23)27)20-7-9-21(10-8-20)25(29)26-15-13-19-5-3-2-4-6-19/h2-12,17H,13-16H2,1H3,(H,26,29). The molecule has 4 nitrogen and oxygen atoms in total. The van der Waals surface area contributed by atoms with Crippen molar-refractivity contribution in [2.75, 3.05) is 18.0 Å². The summed E-state index contributed by atoms with van der Waals surface area (Å²) in [6.45, 7) is 2.96. The molecule has 0 fully saturated rings. The SMILES string of the molecule is CC(=O)N1CCc2cc(-c3ccc(C(=O)NCCc4ccccc4)cc3)ccc21. The number of benzene rings is 3. The predicted molar refractivity (Wildman–Crippen MR) is 116 cm³/mol. The normalized spacial score (nSPS) is 12.5. The Kier molecular flexibility index (Phi) is 5.43. The number of amides is 2. The zero-order chi connectivity index (χ0) is 20.2. The van der Waals surface area contributed by atoms with Gasteiger partial charge in [-0.25, -0.2) is 0 Å². The maximum atomic E-state index is 12.4. The van der Waals surface area contributed by atoms with Crippen LogP contribution in [-0.4, -0.2) is 24.9 Å². The van der Waals surface area contributed by atoms with Crippen molar-refractivity contribution in [1.29, 1.82) is 0 Å². The van der Waals surface area contributed by atoms with Gasteiger partial charge in [0, 0.05) is 31.3 Å². The van der Waals surface area contributed by atoms with Gasteiger partial charge in [-0.1, -0.05) is 48.5 Å². The Bertz CT molecular complexity index is 1030. The summed E-state index contributed by atoms with van der Waals surface area (Å²) < 4.78 is 0. The molecule has 0 saturated carbocycles. The fraction of sp³-hybridized carbons (Fsp3) is 0.200. The van der Waals surface area contributed by atoms with E-state index in [-0.39, 0.29) is 11.8 Å². The van der Waals surface area contributed by atoms with Crippen molar-refractivity contribution in [2.45, 2.75) is 19.8 Å². The van der Waals surface area contributed by atoms with Crippen LogP contribution in [0.15, 0.2) is 72.8 Å². The zero-order valence-corrected chi connectivity index (χ0v) is 16.5. The van der Waals surface area contributed by atoms with Crippen LogP contribution < -0.4 is 10.2 Å². The highest BCUT2D eigenvalue weighted by molar-refractivity contribution is 5.95. The summed E-state index contributed by atoms with van der Waals surface area (Å²) in [4.78, 5) is 25.9. The van der Waals surface area contributed by atoms with Gasteiger partial charge in [-0.15, -0.1) is 0 Å². The van der Waals surface area contributed by atoms with Crippen LogP contribution >= 0.6 is 0 Å². The van der Waals surface area contributed by atoms with Crippen LogP contribution in [0.2, 0.25) is 0 Å². The van der Waals surface area contributed by atoms with E-state index >= 15 is 0 Å². The first-order valence-electron chi connectivity index (χ1n) is 9.95. The van der Waals surface area contributed by atoms with Gasteiger partial charge in [-0.2, -0.15) is 0 Å². The van der Waals surface area contributed by atoms with Crippen LogP contribution in [0.4, 0.5) is 5.69 Å². The second-order valence-electron chi connectivity index (χ2n) is 7.33.